The van der Waals surface area contributed by atoms with Gasteiger partial charge in [-0.1, -0.05) is 25.1 Å². The third kappa shape index (κ3) is 4.42. The minimum Gasteiger partial charge on any atom is -0.468 e. The molecule has 1 aromatic carbocycles. The van der Waals surface area contributed by atoms with Crippen LogP contribution in [-0.2, 0) is 23.1 Å². The lowest BCUT2D eigenvalue weighted by atomic mass is 10.2. The molecule has 0 aliphatic heterocycles. The van der Waals surface area contributed by atoms with Crippen molar-refractivity contribution in [3.8, 4) is 0 Å². The third-order valence-corrected chi connectivity index (χ3v) is 4.52. The van der Waals surface area contributed by atoms with Crippen molar-refractivity contribution >= 4 is 10.0 Å². The predicted molar refractivity (Wildman–Crippen MR) is 81.2 cm³/mol. The summed E-state index contributed by atoms with van der Waals surface area (Å²) in [5, 5.41) is 3.22. The minimum atomic E-state index is -3.55. The van der Waals surface area contributed by atoms with E-state index in [1.807, 2.05) is 12.1 Å². The first-order valence-electron chi connectivity index (χ1n) is 6.94. The molecule has 2 aromatic rings. The largest absolute Gasteiger partial charge is 0.468 e. The van der Waals surface area contributed by atoms with Crippen LogP contribution in [0.1, 0.15) is 24.7 Å². The Bertz CT molecular complexity index is 651. The van der Waals surface area contributed by atoms with E-state index in [2.05, 4.69) is 17.0 Å². The summed E-state index contributed by atoms with van der Waals surface area (Å²) in [6.07, 6.45) is 2.53. The summed E-state index contributed by atoms with van der Waals surface area (Å²) in [7, 11) is -3.55. The molecule has 0 aliphatic rings. The van der Waals surface area contributed by atoms with Crippen LogP contribution in [0.15, 0.2) is 52.0 Å². The average molecular weight is 308 g/mol. The fraction of sp³-hybridized carbons (Fsp3) is 0.333. The van der Waals surface area contributed by atoms with Crippen LogP contribution in [-0.4, -0.2) is 15.0 Å². The van der Waals surface area contributed by atoms with Crippen molar-refractivity contribution in [2.75, 3.05) is 6.54 Å². The molecule has 1 aromatic heterocycles. The van der Waals surface area contributed by atoms with Gasteiger partial charge in [0.15, 0.2) is 0 Å². The molecule has 1 heterocycles. The van der Waals surface area contributed by atoms with Crippen LogP contribution in [0.2, 0.25) is 0 Å². The smallest absolute Gasteiger partial charge is 0.241 e. The van der Waals surface area contributed by atoms with E-state index in [-0.39, 0.29) is 6.54 Å². The van der Waals surface area contributed by atoms with Crippen molar-refractivity contribution < 1.29 is 12.8 Å². The molecule has 0 radical (unpaired) electrons. The summed E-state index contributed by atoms with van der Waals surface area (Å²) in [5.74, 6) is 0.583. The molecule has 0 saturated carbocycles. The lowest BCUT2D eigenvalue weighted by Crippen LogP contribution is -2.25. The van der Waals surface area contributed by atoms with Crippen molar-refractivity contribution in [1.82, 2.24) is 10.0 Å². The van der Waals surface area contributed by atoms with Gasteiger partial charge in [-0.05, 0) is 36.7 Å². The highest BCUT2D eigenvalue weighted by molar-refractivity contribution is 7.89. The van der Waals surface area contributed by atoms with Gasteiger partial charge < -0.3 is 9.73 Å². The lowest BCUT2D eigenvalue weighted by Gasteiger charge is -2.11. The van der Waals surface area contributed by atoms with Crippen LogP contribution in [0.4, 0.5) is 0 Å². The van der Waals surface area contributed by atoms with Crippen molar-refractivity contribution in [3.63, 3.8) is 0 Å². The zero-order chi connectivity index (χ0) is 15.1. The van der Waals surface area contributed by atoms with Crippen LogP contribution >= 0.6 is 0 Å². The first kappa shape index (κ1) is 15.8. The van der Waals surface area contributed by atoms with Gasteiger partial charge in [-0.15, -0.1) is 0 Å². The molecule has 0 saturated heterocycles. The fourth-order valence-electron chi connectivity index (χ4n) is 1.97. The number of furan rings is 1. The monoisotopic (exact) mass is 308 g/mol. The summed E-state index contributed by atoms with van der Waals surface area (Å²) >= 11 is 0. The second-order valence-corrected chi connectivity index (χ2v) is 6.42. The molecule has 2 N–H and O–H groups in total. The van der Waals surface area contributed by atoms with Gasteiger partial charge >= 0.3 is 0 Å². The Morgan fingerprint density at radius 2 is 1.90 bits per heavy atom. The normalized spacial score (nSPS) is 11.7. The first-order chi connectivity index (χ1) is 10.1. The van der Waals surface area contributed by atoms with E-state index in [9.17, 15) is 8.42 Å². The maximum Gasteiger partial charge on any atom is 0.241 e. The van der Waals surface area contributed by atoms with Crippen LogP contribution in [0.3, 0.4) is 0 Å². The Morgan fingerprint density at radius 1 is 1.10 bits per heavy atom. The first-order valence-corrected chi connectivity index (χ1v) is 8.42. The van der Waals surface area contributed by atoms with Crippen molar-refractivity contribution in [2.24, 2.45) is 0 Å². The highest BCUT2D eigenvalue weighted by Crippen LogP contribution is 2.15. The van der Waals surface area contributed by atoms with E-state index in [1.54, 1.807) is 24.3 Å². The zero-order valence-electron chi connectivity index (χ0n) is 12.0. The molecule has 0 fully saturated rings. The second-order valence-electron chi connectivity index (χ2n) is 4.69. The Morgan fingerprint density at radius 3 is 2.62 bits per heavy atom. The highest BCUT2D eigenvalue weighted by Gasteiger charge is 2.17. The average Bonchev–Trinajstić information content (AvgIpc) is 2.99. The van der Waals surface area contributed by atoms with E-state index >= 15 is 0 Å². The topological polar surface area (TPSA) is 71.3 Å². The molecule has 0 aliphatic carbocycles. The van der Waals surface area contributed by atoms with Gasteiger partial charge in [0.05, 0.1) is 17.7 Å². The molecule has 0 spiro atoms. The zero-order valence-corrected chi connectivity index (χ0v) is 12.8. The molecule has 5 nitrogen and oxygen atoms in total. The summed E-state index contributed by atoms with van der Waals surface area (Å²) < 4.78 is 32.5. The van der Waals surface area contributed by atoms with Crippen LogP contribution in [0, 0.1) is 0 Å². The number of rotatable bonds is 8. The van der Waals surface area contributed by atoms with Crippen LogP contribution in [0.25, 0.3) is 0 Å². The Balaban J connectivity index is 2.11. The van der Waals surface area contributed by atoms with Crippen molar-refractivity contribution in [3.05, 3.63) is 54.0 Å². The van der Waals surface area contributed by atoms with Gasteiger partial charge in [-0.25, -0.2) is 13.1 Å². The minimum absolute atomic E-state index is 0.145. The molecule has 2 rings (SSSR count). The fourth-order valence-corrected chi connectivity index (χ4v) is 3.20. The summed E-state index contributed by atoms with van der Waals surface area (Å²) in [6.45, 7) is 3.60. The maximum absolute atomic E-state index is 12.4. The standard InChI is InChI=1S/C15H20N2O3S/c1-2-9-16-11-13-6-3-4-8-15(13)21(18,19)17-12-14-7-5-10-20-14/h3-8,10,16-17H,2,9,11-12H2,1H3. The van der Waals surface area contributed by atoms with E-state index in [4.69, 9.17) is 4.42 Å². The molecule has 6 heteroatoms. The predicted octanol–water partition coefficient (Wildman–Crippen LogP) is 2.26. The number of hydrogen-bond donors (Lipinski definition) is 2. The third-order valence-electron chi connectivity index (χ3n) is 3.02. The maximum atomic E-state index is 12.4. The van der Waals surface area contributed by atoms with Gasteiger partial charge in [-0.3, -0.25) is 0 Å². The van der Waals surface area contributed by atoms with E-state index in [1.165, 1.54) is 6.26 Å². The lowest BCUT2D eigenvalue weighted by molar-refractivity contribution is 0.498. The Kier molecular flexibility index (Phi) is 5.55. The number of benzene rings is 1. The van der Waals surface area contributed by atoms with Crippen LogP contribution in [0.5, 0.6) is 0 Å². The van der Waals surface area contributed by atoms with Gasteiger partial charge in [-0.2, -0.15) is 0 Å². The summed E-state index contributed by atoms with van der Waals surface area (Å²) in [5.41, 5.74) is 0.762. The SMILES string of the molecule is CCCNCc1ccccc1S(=O)(=O)NCc1ccco1. The van der Waals surface area contributed by atoms with Gasteiger partial charge in [0.1, 0.15) is 5.76 Å². The molecule has 21 heavy (non-hydrogen) atoms. The van der Waals surface area contributed by atoms with Crippen LogP contribution < -0.4 is 10.0 Å². The molecule has 114 valence electrons. The van der Waals surface area contributed by atoms with Crippen molar-refractivity contribution in [2.45, 2.75) is 31.3 Å². The number of nitrogens with one attached hydrogen (secondary N) is 2. The molecule has 0 bridgehead atoms. The van der Waals surface area contributed by atoms with Crippen molar-refractivity contribution in [1.29, 1.82) is 0 Å². The van der Waals surface area contributed by atoms with E-state index in [0.717, 1.165) is 18.5 Å². The Hall–Kier alpha value is -1.63. The van der Waals surface area contributed by atoms with Gasteiger partial charge in [0, 0.05) is 6.54 Å². The number of hydrogen-bond acceptors (Lipinski definition) is 4. The number of sulfonamides is 1. The summed E-state index contributed by atoms with van der Waals surface area (Å²) in [6, 6.07) is 10.5. The Labute approximate surface area is 125 Å². The molecular formula is C15H20N2O3S. The summed E-state index contributed by atoms with van der Waals surface area (Å²) in [4.78, 5) is 0.306. The molecule has 0 atom stereocenters. The van der Waals surface area contributed by atoms with E-state index < -0.39 is 10.0 Å². The quantitative estimate of drug-likeness (QED) is 0.734. The van der Waals surface area contributed by atoms with E-state index in [0.29, 0.717) is 17.2 Å². The molecule has 0 unspecified atom stereocenters. The molecular weight excluding hydrogens is 288 g/mol. The molecule has 0 amide bonds. The highest BCUT2D eigenvalue weighted by atomic mass is 32.2. The second kappa shape index (κ2) is 7.40. The van der Waals surface area contributed by atoms with Gasteiger partial charge in [0.25, 0.3) is 0 Å². The van der Waals surface area contributed by atoms with Gasteiger partial charge in [0.2, 0.25) is 10.0 Å².